The molecule has 0 spiro atoms. The van der Waals surface area contributed by atoms with Gasteiger partial charge in [-0.25, -0.2) is 0 Å². The summed E-state index contributed by atoms with van der Waals surface area (Å²) in [5, 5.41) is 0. The first-order valence-electron chi connectivity index (χ1n) is 4.33. The van der Waals surface area contributed by atoms with Crippen molar-refractivity contribution in [3.63, 3.8) is 0 Å². The van der Waals surface area contributed by atoms with E-state index in [0.717, 1.165) is 28.3 Å². The zero-order chi connectivity index (χ0) is 9.83. The molecule has 0 amide bonds. The van der Waals surface area contributed by atoms with Crippen molar-refractivity contribution in [2.45, 2.75) is 14.9 Å². The van der Waals surface area contributed by atoms with E-state index in [1.165, 1.54) is 0 Å². The molecule has 0 N–H and O–H groups in total. The minimum Gasteiger partial charge on any atom is -0.326 e. The first kappa shape index (κ1) is 19.2. The van der Waals surface area contributed by atoms with Gasteiger partial charge < -0.3 is 8.97 Å². The molecule has 0 unspecified atom stereocenters. The number of nitrogens with zero attached hydrogens (tertiary/aromatic N) is 2. The molecule has 0 heterocycles. The quantitative estimate of drug-likeness (QED) is 0.488. The minimum absolute atomic E-state index is 0. The van der Waals surface area contributed by atoms with Crippen molar-refractivity contribution in [3.8, 4) is 0 Å². The lowest BCUT2D eigenvalue weighted by atomic mass is 10.4. The predicted octanol–water partition coefficient (Wildman–Crippen LogP) is 1.24. The molecule has 14 heavy (non-hydrogen) atoms. The van der Waals surface area contributed by atoms with E-state index in [0.29, 0.717) is 6.54 Å². The van der Waals surface area contributed by atoms with E-state index < -0.39 is 0 Å². The molecule has 0 aromatic carbocycles. The Hall–Kier alpha value is -0.410. The van der Waals surface area contributed by atoms with Crippen molar-refractivity contribution >= 4 is 6.29 Å². The summed E-state index contributed by atoms with van der Waals surface area (Å²) >= 11 is 0. The van der Waals surface area contributed by atoms with Crippen LogP contribution in [0.5, 0.6) is 0 Å². The van der Waals surface area contributed by atoms with Crippen LogP contribution in [-0.4, -0.2) is 70.1 Å². The lowest BCUT2D eigenvalue weighted by Crippen LogP contribution is -2.49. The van der Waals surface area contributed by atoms with Gasteiger partial charge in [-0.05, 0) is 0 Å². The first-order chi connectivity index (χ1) is 5.27. The molecule has 0 aliphatic carbocycles. The fraction of sp³-hybridized carbons (Fsp3) is 0.909. The van der Waals surface area contributed by atoms with Crippen LogP contribution in [-0.2, 0) is 4.79 Å². The molecular formula is C11H30N2O+2. The molecule has 0 atom stereocenters. The van der Waals surface area contributed by atoms with E-state index in [4.69, 9.17) is 0 Å². The van der Waals surface area contributed by atoms with Crippen LogP contribution in [0.2, 0.25) is 0 Å². The number of carbonyl (C=O) groups excluding carboxylic acids is 1. The van der Waals surface area contributed by atoms with Gasteiger partial charge in [0.15, 0.2) is 6.29 Å². The van der Waals surface area contributed by atoms with Gasteiger partial charge in [-0.3, -0.25) is 4.79 Å². The van der Waals surface area contributed by atoms with Crippen LogP contribution in [0.1, 0.15) is 14.9 Å². The van der Waals surface area contributed by atoms with Gasteiger partial charge in [0, 0.05) is 0 Å². The summed E-state index contributed by atoms with van der Waals surface area (Å²) in [6.07, 6.45) is 0.996. The summed E-state index contributed by atoms with van der Waals surface area (Å²) in [5.74, 6) is 0. The third kappa shape index (κ3) is 11.6. The molecule has 0 aliphatic heterocycles. The first-order valence-corrected chi connectivity index (χ1v) is 4.33. The highest BCUT2D eigenvalue weighted by atomic mass is 16.1. The summed E-state index contributed by atoms with van der Waals surface area (Å²) < 4.78 is 1.75. The Labute approximate surface area is 90.5 Å². The van der Waals surface area contributed by atoms with E-state index >= 15 is 0 Å². The average molecular weight is 206 g/mol. The number of aldehydes is 1. The van der Waals surface area contributed by atoms with E-state index in [9.17, 15) is 4.79 Å². The van der Waals surface area contributed by atoms with Crippen molar-refractivity contribution in [1.82, 2.24) is 0 Å². The van der Waals surface area contributed by atoms with Crippen LogP contribution in [0.4, 0.5) is 0 Å². The van der Waals surface area contributed by atoms with E-state index in [2.05, 4.69) is 35.2 Å². The molecular weight excluding hydrogens is 176 g/mol. The van der Waals surface area contributed by atoms with Crippen molar-refractivity contribution in [2.75, 3.05) is 54.9 Å². The van der Waals surface area contributed by atoms with Crippen LogP contribution in [0, 0.1) is 0 Å². The topological polar surface area (TPSA) is 17.1 Å². The number of hydrogen-bond donors (Lipinski definition) is 0. The molecule has 0 radical (unpaired) electrons. The molecule has 3 nitrogen and oxygen atoms in total. The third-order valence-electron chi connectivity index (χ3n) is 1.94. The summed E-state index contributed by atoms with van der Waals surface area (Å²) in [5.41, 5.74) is 0. The summed E-state index contributed by atoms with van der Waals surface area (Å²) in [4.78, 5) is 10.3. The van der Waals surface area contributed by atoms with E-state index in [1.54, 1.807) is 0 Å². The second-order valence-electron chi connectivity index (χ2n) is 5.02. The maximum absolute atomic E-state index is 10.3. The lowest BCUT2D eigenvalue weighted by molar-refractivity contribution is -0.932. The average Bonchev–Trinajstić information content (AvgIpc) is 1.83. The van der Waals surface area contributed by atoms with Crippen molar-refractivity contribution in [2.24, 2.45) is 0 Å². The Kier molecular flexibility index (Phi) is 9.55. The molecule has 0 rings (SSSR count). The van der Waals surface area contributed by atoms with Crippen molar-refractivity contribution in [1.29, 1.82) is 0 Å². The Bertz CT molecular complexity index is 148. The Balaban J connectivity index is -0.000000605. The minimum atomic E-state index is 0. The predicted molar refractivity (Wildman–Crippen MR) is 64.3 cm³/mol. The van der Waals surface area contributed by atoms with Gasteiger partial charge in [0.25, 0.3) is 0 Å². The van der Waals surface area contributed by atoms with Crippen LogP contribution >= 0.6 is 0 Å². The van der Waals surface area contributed by atoms with Crippen LogP contribution in [0.25, 0.3) is 0 Å². The monoisotopic (exact) mass is 206 g/mol. The van der Waals surface area contributed by atoms with Crippen molar-refractivity contribution < 1.29 is 13.8 Å². The van der Waals surface area contributed by atoms with Gasteiger partial charge >= 0.3 is 0 Å². The number of likely N-dealkylation sites (N-methyl/N-ethyl adjacent to an activating group) is 2. The van der Waals surface area contributed by atoms with Crippen LogP contribution in [0.15, 0.2) is 0 Å². The normalized spacial score (nSPS) is 11.2. The number of carbonyl (C=O) groups is 1. The Morgan fingerprint density at radius 2 is 1.36 bits per heavy atom. The second kappa shape index (κ2) is 6.96. The number of rotatable bonds is 5. The number of hydrogen-bond acceptors (Lipinski definition) is 1. The molecule has 88 valence electrons. The van der Waals surface area contributed by atoms with Gasteiger partial charge in [0.1, 0.15) is 19.6 Å². The molecule has 0 fully saturated rings. The highest BCUT2D eigenvalue weighted by Gasteiger charge is 2.18. The van der Waals surface area contributed by atoms with Gasteiger partial charge in [-0.1, -0.05) is 14.9 Å². The summed E-state index contributed by atoms with van der Waals surface area (Å²) in [7, 11) is 10.7. The largest absolute Gasteiger partial charge is 0.326 e. The Morgan fingerprint density at radius 3 is 1.64 bits per heavy atom. The highest BCUT2D eigenvalue weighted by Crippen LogP contribution is 1.98. The molecule has 0 aromatic rings. The second-order valence-corrected chi connectivity index (χ2v) is 5.02. The van der Waals surface area contributed by atoms with Crippen molar-refractivity contribution in [3.05, 3.63) is 0 Å². The fourth-order valence-corrected chi connectivity index (χ4v) is 0.864. The van der Waals surface area contributed by atoms with E-state index in [1.807, 2.05) is 0 Å². The third-order valence-corrected chi connectivity index (χ3v) is 1.94. The molecule has 0 aliphatic rings. The van der Waals surface area contributed by atoms with Gasteiger partial charge in [-0.2, -0.15) is 0 Å². The van der Waals surface area contributed by atoms with Gasteiger partial charge in [0.2, 0.25) is 0 Å². The van der Waals surface area contributed by atoms with Crippen LogP contribution < -0.4 is 0 Å². The molecule has 0 saturated heterocycles. The summed E-state index contributed by atoms with van der Waals surface area (Å²) in [6, 6.07) is 0. The zero-order valence-electron chi connectivity index (χ0n) is 9.00. The maximum Gasteiger partial charge on any atom is 0.174 e. The Morgan fingerprint density at radius 1 is 0.929 bits per heavy atom. The molecule has 0 bridgehead atoms. The van der Waals surface area contributed by atoms with Crippen LogP contribution in [0.3, 0.4) is 0 Å². The van der Waals surface area contributed by atoms with Gasteiger partial charge in [-0.15, -0.1) is 0 Å². The SMILES string of the molecule is C.C.C[N+](C)(C)CC[N+](C)(C)CC=O. The van der Waals surface area contributed by atoms with E-state index in [-0.39, 0.29) is 14.9 Å². The number of quaternary nitrogens is 2. The zero-order valence-corrected chi connectivity index (χ0v) is 9.00. The summed E-state index contributed by atoms with van der Waals surface area (Å²) in [6.45, 7) is 2.75. The maximum atomic E-state index is 10.3. The highest BCUT2D eigenvalue weighted by molar-refractivity contribution is 5.50. The smallest absolute Gasteiger partial charge is 0.174 e. The fourth-order valence-electron chi connectivity index (χ4n) is 0.864. The van der Waals surface area contributed by atoms with Gasteiger partial charge in [0.05, 0.1) is 35.2 Å². The lowest BCUT2D eigenvalue weighted by Gasteiger charge is -2.31. The molecule has 0 aromatic heterocycles. The molecule has 0 saturated carbocycles. The molecule has 3 heteroatoms. The standard InChI is InChI=1S/C9H22N2O.2CH4/c1-10(2,3)6-7-11(4,5)8-9-12;;/h9H,6-8H2,1-5H3;2*1H4/q+2;;.